The zero-order valence-electron chi connectivity index (χ0n) is 9.77. The van der Waals surface area contributed by atoms with Crippen molar-refractivity contribution in [1.82, 2.24) is 15.2 Å². The molecule has 0 saturated carbocycles. The van der Waals surface area contributed by atoms with E-state index in [0.717, 1.165) is 9.88 Å². The van der Waals surface area contributed by atoms with Gasteiger partial charge in [-0.25, -0.2) is 4.98 Å². The Morgan fingerprint density at radius 1 is 1.44 bits per heavy atom. The summed E-state index contributed by atoms with van der Waals surface area (Å²) in [4.78, 5) is 28.0. The number of thiazole rings is 1. The molecule has 2 aromatic heterocycles. The van der Waals surface area contributed by atoms with Crippen LogP contribution in [0.5, 0.6) is 0 Å². The third-order valence-electron chi connectivity index (χ3n) is 2.26. The number of aromatic amines is 1. The fourth-order valence-corrected chi connectivity index (χ4v) is 2.30. The number of nitrogens with two attached hydrogens (primary N) is 1. The fourth-order valence-electron chi connectivity index (χ4n) is 1.48. The summed E-state index contributed by atoms with van der Waals surface area (Å²) in [5.74, 6) is -0.883. The highest BCUT2D eigenvalue weighted by Crippen LogP contribution is 2.18. The van der Waals surface area contributed by atoms with Crippen molar-refractivity contribution in [2.24, 2.45) is 5.73 Å². The van der Waals surface area contributed by atoms with Gasteiger partial charge in [-0.2, -0.15) is 5.10 Å². The van der Waals surface area contributed by atoms with Crippen molar-refractivity contribution >= 4 is 29.0 Å². The van der Waals surface area contributed by atoms with Crippen LogP contribution in [0.3, 0.4) is 0 Å². The van der Waals surface area contributed by atoms with Crippen molar-refractivity contribution in [1.29, 1.82) is 0 Å². The van der Waals surface area contributed by atoms with E-state index in [9.17, 15) is 9.59 Å². The van der Waals surface area contributed by atoms with E-state index in [4.69, 9.17) is 5.73 Å². The van der Waals surface area contributed by atoms with Crippen molar-refractivity contribution in [2.75, 3.05) is 5.32 Å². The maximum atomic E-state index is 12.0. The molecule has 0 unspecified atom stereocenters. The molecule has 0 spiro atoms. The van der Waals surface area contributed by atoms with Gasteiger partial charge in [-0.3, -0.25) is 14.7 Å². The molecule has 2 aromatic rings. The molecule has 0 atom stereocenters. The van der Waals surface area contributed by atoms with E-state index in [1.807, 2.05) is 13.8 Å². The minimum atomic E-state index is -0.662. The number of hydrogen-bond acceptors (Lipinski definition) is 5. The second-order valence-corrected chi connectivity index (χ2v) is 5.02. The Morgan fingerprint density at radius 2 is 2.17 bits per heavy atom. The molecule has 0 bridgehead atoms. The lowest BCUT2D eigenvalue weighted by Crippen LogP contribution is -2.18. The minimum Gasteiger partial charge on any atom is -0.365 e. The molecule has 18 heavy (non-hydrogen) atoms. The van der Waals surface area contributed by atoms with Gasteiger partial charge in [0, 0.05) is 4.88 Å². The highest BCUT2D eigenvalue weighted by Gasteiger charge is 2.18. The highest BCUT2D eigenvalue weighted by atomic mass is 32.1. The predicted molar refractivity (Wildman–Crippen MR) is 66.6 cm³/mol. The van der Waals surface area contributed by atoms with E-state index >= 15 is 0 Å². The number of carbonyl (C=O) groups is 2. The van der Waals surface area contributed by atoms with Crippen LogP contribution in [0.4, 0.5) is 5.82 Å². The third-order valence-corrected chi connectivity index (χ3v) is 3.15. The number of anilines is 1. The Labute approximate surface area is 106 Å². The lowest BCUT2D eigenvalue weighted by atomic mass is 10.3. The van der Waals surface area contributed by atoms with Gasteiger partial charge in [-0.15, -0.1) is 11.3 Å². The number of hydrogen-bond donors (Lipinski definition) is 3. The van der Waals surface area contributed by atoms with Crippen molar-refractivity contribution in [3.05, 3.63) is 27.3 Å². The maximum absolute atomic E-state index is 12.0. The summed E-state index contributed by atoms with van der Waals surface area (Å²) in [5, 5.41) is 9.50. The summed E-state index contributed by atoms with van der Waals surface area (Å²) in [5.41, 5.74) is 5.61. The number of nitrogens with zero attached hydrogens (tertiary/aromatic N) is 2. The molecule has 0 saturated heterocycles. The topological polar surface area (TPSA) is 114 Å². The van der Waals surface area contributed by atoms with Gasteiger partial charge in [0.05, 0.1) is 11.2 Å². The maximum Gasteiger partial charge on any atom is 0.276 e. The van der Waals surface area contributed by atoms with Gasteiger partial charge in [0.25, 0.3) is 11.8 Å². The van der Waals surface area contributed by atoms with Crippen LogP contribution in [-0.2, 0) is 0 Å². The molecule has 2 rings (SSSR count). The largest absolute Gasteiger partial charge is 0.365 e. The van der Waals surface area contributed by atoms with Gasteiger partial charge >= 0.3 is 0 Å². The van der Waals surface area contributed by atoms with Crippen LogP contribution in [-0.4, -0.2) is 27.0 Å². The van der Waals surface area contributed by atoms with Crippen LogP contribution in [0, 0.1) is 13.8 Å². The number of rotatable bonds is 3. The molecular formula is C10H11N5O2S. The van der Waals surface area contributed by atoms with Gasteiger partial charge in [-0.1, -0.05) is 0 Å². The van der Waals surface area contributed by atoms with E-state index in [2.05, 4.69) is 20.5 Å². The van der Waals surface area contributed by atoms with Crippen LogP contribution in [0.2, 0.25) is 0 Å². The Bertz CT molecular complexity index is 616. The fraction of sp³-hybridized carbons (Fsp3) is 0.200. The average Bonchev–Trinajstić information content (AvgIpc) is 2.85. The predicted octanol–water partition coefficient (Wildman–Crippen LogP) is 0.834. The van der Waals surface area contributed by atoms with Crippen LogP contribution in [0.25, 0.3) is 0 Å². The van der Waals surface area contributed by atoms with E-state index in [-0.39, 0.29) is 11.4 Å². The van der Waals surface area contributed by atoms with Crippen molar-refractivity contribution in [2.45, 2.75) is 13.8 Å². The molecule has 7 nitrogen and oxygen atoms in total. The van der Waals surface area contributed by atoms with Crippen LogP contribution in [0.1, 0.15) is 30.7 Å². The third kappa shape index (κ3) is 2.23. The monoisotopic (exact) mass is 265 g/mol. The lowest BCUT2D eigenvalue weighted by molar-refractivity contribution is 0.100. The average molecular weight is 265 g/mol. The zero-order chi connectivity index (χ0) is 13.3. The minimum absolute atomic E-state index is 0.132. The first-order valence-electron chi connectivity index (χ1n) is 5.07. The van der Waals surface area contributed by atoms with E-state index in [1.165, 1.54) is 17.5 Å². The Morgan fingerprint density at radius 3 is 2.72 bits per heavy atom. The molecule has 0 aliphatic rings. The molecule has 0 aliphatic heterocycles. The molecule has 8 heteroatoms. The standard InChI is InChI=1S/C10H11N5O2S/c1-4-7(13-5(2)18-4)10(17)14-9-6(8(11)16)3-12-15-9/h3H,1-2H3,(H2,11,16)(H2,12,14,15,17). The quantitative estimate of drug-likeness (QED) is 0.762. The lowest BCUT2D eigenvalue weighted by Gasteiger charge is -2.02. The number of nitrogens with one attached hydrogen (secondary N) is 2. The second-order valence-electron chi connectivity index (χ2n) is 3.61. The molecule has 0 aromatic carbocycles. The van der Waals surface area contributed by atoms with Gasteiger partial charge in [0.15, 0.2) is 0 Å². The van der Waals surface area contributed by atoms with Crippen LogP contribution in [0.15, 0.2) is 6.20 Å². The molecule has 0 radical (unpaired) electrons. The number of primary amides is 1. The molecule has 0 fully saturated rings. The van der Waals surface area contributed by atoms with Gasteiger partial charge in [0.2, 0.25) is 0 Å². The van der Waals surface area contributed by atoms with Crippen LogP contribution < -0.4 is 11.1 Å². The van der Waals surface area contributed by atoms with Crippen molar-refractivity contribution < 1.29 is 9.59 Å². The normalized spacial score (nSPS) is 10.3. The van der Waals surface area contributed by atoms with Gasteiger partial charge in [0.1, 0.15) is 17.1 Å². The number of amides is 2. The number of aryl methyl sites for hydroxylation is 2. The summed E-state index contributed by atoms with van der Waals surface area (Å²) in [7, 11) is 0. The molecule has 2 heterocycles. The van der Waals surface area contributed by atoms with Gasteiger partial charge < -0.3 is 11.1 Å². The summed E-state index contributed by atoms with van der Waals surface area (Å²) >= 11 is 1.43. The number of H-pyrrole nitrogens is 1. The van der Waals surface area contributed by atoms with E-state index in [1.54, 1.807) is 0 Å². The zero-order valence-corrected chi connectivity index (χ0v) is 10.6. The number of carbonyl (C=O) groups excluding carboxylic acids is 2. The summed E-state index contributed by atoms with van der Waals surface area (Å²) in [6.45, 7) is 3.63. The SMILES string of the molecule is Cc1nc(C(=O)Nc2[nH]ncc2C(N)=O)c(C)s1. The Kier molecular flexibility index (Phi) is 3.11. The first-order chi connectivity index (χ1) is 8.49. The molecule has 0 aliphatic carbocycles. The van der Waals surface area contributed by atoms with E-state index < -0.39 is 11.8 Å². The first-order valence-corrected chi connectivity index (χ1v) is 5.89. The molecule has 4 N–H and O–H groups in total. The smallest absolute Gasteiger partial charge is 0.276 e. The Hall–Kier alpha value is -2.22. The summed E-state index contributed by atoms with van der Waals surface area (Å²) in [6, 6.07) is 0. The molecule has 94 valence electrons. The highest BCUT2D eigenvalue weighted by molar-refractivity contribution is 7.11. The second kappa shape index (κ2) is 4.57. The van der Waals surface area contributed by atoms with Crippen molar-refractivity contribution in [3.8, 4) is 0 Å². The molecular weight excluding hydrogens is 254 g/mol. The van der Waals surface area contributed by atoms with Crippen LogP contribution >= 0.6 is 11.3 Å². The van der Waals surface area contributed by atoms with E-state index in [0.29, 0.717) is 5.69 Å². The summed E-state index contributed by atoms with van der Waals surface area (Å²) < 4.78 is 0. The first kappa shape index (κ1) is 12.2. The van der Waals surface area contributed by atoms with Crippen molar-refractivity contribution in [3.63, 3.8) is 0 Å². The molecule has 2 amide bonds. The Balaban J connectivity index is 2.24. The van der Waals surface area contributed by atoms with Gasteiger partial charge in [-0.05, 0) is 13.8 Å². The number of aromatic nitrogens is 3. The summed E-state index contributed by atoms with van der Waals surface area (Å²) in [6.07, 6.45) is 1.26.